The summed E-state index contributed by atoms with van der Waals surface area (Å²) in [6.07, 6.45) is 1.69. The molecule has 3 atom stereocenters. The summed E-state index contributed by atoms with van der Waals surface area (Å²) < 4.78 is 5.20. The van der Waals surface area contributed by atoms with Crippen molar-refractivity contribution in [1.29, 1.82) is 0 Å². The molecular formula is C15H22N2O3. The molecule has 1 amide bonds. The second-order valence-electron chi connectivity index (χ2n) is 5.27. The predicted octanol–water partition coefficient (Wildman–Crippen LogP) is 0.972. The Labute approximate surface area is 119 Å². The molecule has 0 spiro atoms. The summed E-state index contributed by atoms with van der Waals surface area (Å²) >= 11 is 0. The number of aliphatic hydroxyl groups is 1. The van der Waals surface area contributed by atoms with Crippen molar-refractivity contribution in [3.05, 3.63) is 29.8 Å². The van der Waals surface area contributed by atoms with Gasteiger partial charge < -0.3 is 20.9 Å². The van der Waals surface area contributed by atoms with Gasteiger partial charge in [0.25, 0.3) is 0 Å². The minimum Gasteiger partial charge on any atom is -0.496 e. The minimum absolute atomic E-state index is 0.0186. The lowest BCUT2D eigenvalue weighted by Crippen LogP contribution is -2.33. The molecule has 0 aliphatic heterocycles. The monoisotopic (exact) mass is 278 g/mol. The van der Waals surface area contributed by atoms with E-state index in [0.717, 1.165) is 19.3 Å². The third-order valence-electron chi connectivity index (χ3n) is 3.81. The van der Waals surface area contributed by atoms with Crippen LogP contribution in [0, 0.1) is 5.92 Å². The SMILES string of the molecule is COc1ccccc1[C@H](O)CNC(=O)[C@H]1CC[C@H](N)C1. The Balaban J connectivity index is 1.88. The van der Waals surface area contributed by atoms with Crippen LogP contribution in [0.15, 0.2) is 24.3 Å². The van der Waals surface area contributed by atoms with Gasteiger partial charge in [-0.05, 0) is 25.3 Å². The number of aliphatic hydroxyl groups excluding tert-OH is 1. The molecule has 5 heteroatoms. The van der Waals surface area contributed by atoms with Gasteiger partial charge in [-0.3, -0.25) is 4.79 Å². The van der Waals surface area contributed by atoms with Crippen molar-refractivity contribution in [1.82, 2.24) is 5.32 Å². The standard InChI is InChI=1S/C15H22N2O3/c1-20-14-5-3-2-4-12(14)13(18)9-17-15(19)10-6-7-11(16)8-10/h2-5,10-11,13,18H,6-9,16H2,1H3,(H,17,19)/t10-,11-,13+/m0/s1. The van der Waals surface area contributed by atoms with Crippen LogP contribution in [0.1, 0.15) is 30.9 Å². The van der Waals surface area contributed by atoms with Crippen LogP contribution < -0.4 is 15.8 Å². The third kappa shape index (κ3) is 3.49. The van der Waals surface area contributed by atoms with Crippen LogP contribution >= 0.6 is 0 Å². The minimum atomic E-state index is -0.773. The lowest BCUT2D eigenvalue weighted by atomic mass is 10.1. The highest BCUT2D eigenvalue weighted by atomic mass is 16.5. The molecule has 0 radical (unpaired) electrons. The highest BCUT2D eigenvalue weighted by molar-refractivity contribution is 5.79. The Morgan fingerprint density at radius 1 is 1.50 bits per heavy atom. The number of para-hydroxylation sites is 1. The van der Waals surface area contributed by atoms with Crippen LogP contribution in [0.5, 0.6) is 5.75 Å². The van der Waals surface area contributed by atoms with Crippen LogP contribution in [0.4, 0.5) is 0 Å². The van der Waals surface area contributed by atoms with E-state index < -0.39 is 6.10 Å². The molecule has 0 bridgehead atoms. The highest BCUT2D eigenvalue weighted by Crippen LogP contribution is 2.26. The summed E-state index contributed by atoms with van der Waals surface area (Å²) in [6, 6.07) is 7.38. The van der Waals surface area contributed by atoms with Gasteiger partial charge in [-0.1, -0.05) is 18.2 Å². The number of ether oxygens (including phenoxy) is 1. The van der Waals surface area contributed by atoms with Crippen molar-refractivity contribution in [2.45, 2.75) is 31.4 Å². The fourth-order valence-corrected chi connectivity index (χ4v) is 2.65. The Bertz CT molecular complexity index is 464. The fourth-order valence-electron chi connectivity index (χ4n) is 2.65. The van der Waals surface area contributed by atoms with E-state index in [9.17, 15) is 9.90 Å². The van der Waals surface area contributed by atoms with Crippen molar-refractivity contribution >= 4 is 5.91 Å². The summed E-state index contributed by atoms with van der Waals surface area (Å²) in [5.74, 6) is 0.582. The predicted molar refractivity (Wildman–Crippen MR) is 76.3 cm³/mol. The Hall–Kier alpha value is -1.59. The van der Waals surface area contributed by atoms with Gasteiger partial charge in [0.15, 0.2) is 0 Å². The van der Waals surface area contributed by atoms with Crippen molar-refractivity contribution in [3.63, 3.8) is 0 Å². The van der Waals surface area contributed by atoms with Crippen LogP contribution in [-0.2, 0) is 4.79 Å². The Morgan fingerprint density at radius 2 is 2.25 bits per heavy atom. The van der Waals surface area contributed by atoms with E-state index in [1.807, 2.05) is 12.1 Å². The van der Waals surface area contributed by atoms with E-state index >= 15 is 0 Å². The fraction of sp³-hybridized carbons (Fsp3) is 0.533. The highest BCUT2D eigenvalue weighted by Gasteiger charge is 2.28. The van der Waals surface area contributed by atoms with Gasteiger partial charge in [-0.25, -0.2) is 0 Å². The normalized spacial score (nSPS) is 23.4. The van der Waals surface area contributed by atoms with Gasteiger partial charge >= 0.3 is 0 Å². The summed E-state index contributed by atoms with van der Waals surface area (Å²) in [4.78, 5) is 12.0. The number of amides is 1. The zero-order valence-corrected chi connectivity index (χ0v) is 11.7. The number of carbonyl (C=O) groups is 1. The average molecular weight is 278 g/mol. The molecule has 1 saturated carbocycles. The maximum absolute atomic E-state index is 12.0. The first kappa shape index (κ1) is 14.8. The van der Waals surface area contributed by atoms with Gasteiger partial charge in [-0.2, -0.15) is 0 Å². The maximum Gasteiger partial charge on any atom is 0.223 e. The van der Waals surface area contributed by atoms with Crippen molar-refractivity contribution in [2.24, 2.45) is 11.7 Å². The van der Waals surface area contributed by atoms with Gasteiger partial charge in [0, 0.05) is 24.1 Å². The number of carbonyl (C=O) groups excluding carboxylic acids is 1. The number of benzene rings is 1. The first-order valence-electron chi connectivity index (χ1n) is 6.96. The van der Waals surface area contributed by atoms with Crippen molar-refractivity contribution in [2.75, 3.05) is 13.7 Å². The van der Waals surface area contributed by atoms with E-state index in [-0.39, 0.29) is 24.4 Å². The van der Waals surface area contributed by atoms with E-state index in [1.54, 1.807) is 19.2 Å². The molecule has 20 heavy (non-hydrogen) atoms. The first-order chi connectivity index (χ1) is 9.61. The number of rotatable bonds is 5. The lowest BCUT2D eigenvalue weighted by molar-refractivity contribution is -0.125. The number of nitrogens with two attached hydrogens (primary N) is 1. The number of nitrogens with one attached hydrogen (secondary N) is 1. The largest absolute Gasteiger partial charge is 0.496 e. The number of hydrogen-bond acceptors (Lipinski definition) is 4. The lowest BCUT2D eigenvalue weighted by Gasteiger charge is -2.17. The average Bonchev–Trinajstić information content (AvgIpc) is 2.91. The molecule has 1 aliphatic carbocycles. The molecule has 2 rings (SSSR count). The summed E-state index contributed by atoms with van der Waals surface area (Å²) in [7, 11) is 1.56. The second kappa shape index (κ2) is 6.72. The van der Waals surface area contributed by atoms with Crippen molar-refractivity contribution < 1.29 is 14.6 Å². The van der Waals surface area contributed by atoms with Crippen LogP contribution in [0.2, 0.25) is 0 Å². The summed E-state index contributed by atoms with van der Waals surface area (Å²) in [6.45, 7) is 0.185. The molecule has 0 unspecified atom stereocenters. The topological polar surface area (TPSA) is 84.6 Å². The number of methoxy groups -OCH3 is 1. The molecule has 0 saturated heterocycles. The molecule has 1 aromatic carbocycles. The van der Waals surface area contributed by atoms with Crippen molar-refractivity contribution in [3.8, 4) is 5.75 Å². The molecule has 0 heterocycles. The summed E-state index contributed by atoms with van der Waals surface area (Å²) in [5.41, 5.74) is 6.48. The summed E-state index contributed by atoms with van der Waals surface area (Å²) in [5, 5.41) is 13.0. The molecular weight excluding hydrogens is 256 g/mol. The van der Waals surface area contributed by atoms with Gasteiger partial charge in [0.2, 0.25) is 5.91 Å². The zero-order valence-electron chi connectivity index (χ0n) is 11.7. The molecule has 5 nitrogen and oxygen atoms in total. The van der Waals surface area contributed by atoms with E-state index in [0.29, 0.717) is 11.3 Å². The first-order valence-corrected chi connectivity index (χ1v) is 6.96. The molecule has 4 N–H and O–H groups in total. The number of hydrogen-bond donors (Lipinski definition) is 3. The van der Waals surface area contributed by atoms with E-state index in [2.05, 4.69) is 5.32 Å². The van der Waals surface area contributed by atoms with Gasteiger partial charge in [0.05, 0.1) is 13.2 Å². The molecule has 1 aliphatic rings. The Kier molecular flexibility index (Phi) is 4.98. The van der Waals surface area contributed by atoms with E-state index in [4.69, 9.17) is 10.5 Å². The molecule has 1 aromatic rings. The molecule has 0 aromatic heterocycles. The van der Waals surface area contributed by atoms with Gasteiger partial charge in [0.1, 0.15) is 5.75 Å². The van der Waals surface area contributed by atoms with E-state index in [1.165, 1.54) is 0 Å². The smallest absolute Gasteiger partial charge is 0.223 e. The van der Waals surface area contributed by atoms with Crippen LogP contribution in [-0.4, -0.2) is 30.7 Å². The van der Waals surface area contributed by atoms with Crippen LogP contribution in [0.3, 0.4) is 0 Å². The quantitative estimate of drug-likeness (QED) is 0.749. The zero-order chi connectivity index (χ0) is 14.5. The Morgan fingerprint density at radius 3 is 2.90 bits per heavy atom. The second-order valence-corrected chi connectivity index (χ2v) is 5.27. The molecule has 1 fully saturated rings. The third-order valence-corrected chi connectivity index (χ3v) is 3.81. The maximum atomic E-state index is 12.0. The van der Waals surface area contributed by atoms with Gasteiger partial charge in [-0.15, -0.1) is 0 Å². The molecule has 110 valence electrons. The van der Waals surface area contributed by atoms with Crippen LogP contribution in [0.25, 0.3) is 0 Å².